The molecule has 0 aliphatic rings. The van der Waals surface area contributed by atoms with Gasteiger partial charge in [0.15, 0.2) is 11.3 Å². The summed E-state index contributed by atoms with van der Waals surface area (Å²) in [7, 11) is 0. The maximum absolute atomic E-state index is 13.5. The van der Waals surface area contributed by atoms with E-state index in [1.807, 2.05) is 60.0 Å². The molecule has 7 nitrogen and oxygen atoms in total. The van der Waals surface area contributed by atoms with Gasteiger partial charge in [0.05, 0.1) is 24.0 Å². The van der Waals surface area contributed by atoms with Gasteiger partial charge in [-0.2, -0.15) is 0 Å². The molecule has 0 aliphatic heterocycles. The van der Waals surface area contributed by atoms with Crippen LogP contribution in [0.2, 0.25) is 0 Å². The van der Waals surface area contributed by atoms with Gasteiger partial charge < -0.3 is 4.74 Å². The largest absolute Gasteiger partial charge is 0.494 e. The predicted octanol–water partition coefficient (Wildman–Crippen LogP) is 4.87. The quantitative estimate of drug-likeness (QED) is 0.346. The minimum absolute atomic E-state index is 0.0784. The molecule has 0 saturated carbocycles. The number of fused-ring (bicyclic) bond motifs is 4. The molecule has 0 radical (unpaired) electrons. The first-order valence-electron chi connectivity index (χ1n) is 11.1. The molecule has 0 unspecified atom stereocenters. The van der Waals surface area contributed by atoms with Crippen molar-refractivity contribution in [2.75, 3.05) is 6.61 Å². The van der Waals surface area contributed by atoms with E-state index >= 15 is 0 Å². The minimum atomic E-state index is -0.0784. The number of rotatable bonds is 7. The van der Waals surface area contributed by atoms with Crippen molar-refractivity contribution in [2.24, 2.45) is 0 Å². The summed E-state index contributed by atoms with van der Waals surface area (Å²) in [6.45, 7) is 5.35. The second-order valence-electron chi connectivity index (χ2n) is 7.80. The lowest BCUT2D eigenvalue weighted by molar-refractivity contribution is 0.340. The van der Waals surface area contributed by atoms with Crippen LogP contribution in [0.4, 0.5) is 0 Å². The summed E-state index contributed by atoms with van der Waals surface area (Å²) >= 11 is 0. The Morgan fingerprint density at radius 3 is 2.38 bits per heavy atom. The molecule has 5 rings (SSSR count). The van der Waals surface area contributed by atoms with Crippen LogP contribution in [0, 0.1) is 0 Å². The monoisotopic (exact) mass is 427 g/mol. The molecule has 7 heteroatoms. The number of unbranched alkanes of at least 4 members (excludes halogenated alkanes) is 2. The van der Waals surface area contributed by atoms with Crippen LogP contribution >= 0.6 is 0 Å². The Morgan fingerprint density at radius 1 is 0.906 bits per heavy atom. The topological polar surface area (TPSA) is 74.8 Å². The third kappa shape index (κ3) is 3.39. The van der Waals surface area contributed by atoms with Gasteiger partial charge in [-0.1, -0.05) is 31.9 Å². The zero-order valence-corrected chi connectivity index (χ0v) is 18.3. The lowest BCUT2D eigenvalue weighted by atomic mass is 10.2. The normalized spacial score (nSPS) is 11.6. The lowest BCUT2D eigenvalue weighted by Crippen LogP contribution is -2.20. The SMILES string of the molecule is CCCCCn1cnc2c(c1=O)c1nc3ccccc3nc1n2-c1ccc(OCC)cc1. The molecule has 32 heavy (non-hydrogen) atoms. The fraction of sp³-hybridized carbons (Fsp3) is 0.280. The van der Waals surface area contributed by atoms with Gasteiger partial charge in [-0.25, -0.2) is 15.0 Å². The average molecular weight is 428 g/mol. The van der Waals surface area contributed by atoms with Crippen molar-refractivity contribution in [3.8, 4) is 11.4 Å². The minimum Gasteiger partial charge on any atom is -0.494 e. The van der Waals surface area contributed by atoms with E-state index in [4.69, 9.17) is 19.7 Å². The van der Waals surface area contributed by atoms with Crippen molar-refractivity contribution >= 4 is 33.2 Å². The summed E-state index contributed by atoms with van der Waals surface area (Å²) in [4.78, 5) is 27.9. The molecule has 0 saturated heterocycles. The van der Waals surface area contributed by atoms with Crippen LogP contribution in [0.25, 0.3) is 38.9 Å². The molecule has 0 spiro atoms. The van der Waals surface area contributed by atoms with Crippen molar-refractivity contribution < 1.29 is 4.74 Å². The fourth-order valence-corrected chi connectivity index (χ4v) is 4.07. The Kier molecular flexibility index (Phi) is 5.31. The maximum Gasteiger partial charge on any atom is 0.265 e. The molecule has 3 heterocycles. The number of ether oxygens (including phenoxy) is 1. The number of aryl methyl sites for hydroxylation is 1. The molecule has 0 atom stereocenters. The molecular formula is C25H25N5O2. The van der Waals surface area contributed by atoms with Crippen molar-refractivity contribution in [3.63, 3.8) is 0 Å². The van der Waals surface area contributed by atoms with E-state index in [0.29, 0.717) is 35.3 Å². The van der Waals surface area contributed by atoms with Crippen molar-refractivity contribution in [1.82, 2.24) is 24.1 Å². The summed E-state index contributed by atoms with van der Waals surface area (Å²) in [5, 5.41) is 0.506. The zero-order valence-electron chi connectivity index (χ0n) is 18.3. The number of para-hydroxylation sites is 2. The van der Waals surface area contributed by atoms with Gasteiger partial charge in [-0.15, -0.1) is 0 Å². The number of hydrogen-bond donors (Lipinski definition) is 0. The van der Waals surface area contributed by atoms with E-state index in [2.05, 4.69) is 6.92 Å². The van der Waals surface area contributed by atoms with Gasteiger partial charge in [-0.3, -0.25) is 13.9 Å². The number of aromatic nitrogens is 5. The van der Waals surface area contributed by atoms with Crippen LogP contribution in [0.1, 0.15) is 33.1 Å². The molecule has 5 aromatic rings. The molecule has 0 bridgehead atoms. The highest BCUT2D eigenvalue weighted by Crippen LogP contribution is 2.29. The van der Waals surface area contributed by atoms with Gasteiger partial charge in [0.25, 0.3) is 5.56 Å². The third-order valence-corrected chi connectivity index (χ3v) is 5.64. The molecule has 0 N–H and O–H groups in total. The summed E-state index contributed by atoms with van der Waals surface area (Å²) in [5.41, 5.74) is 4.08. The van der Waals surface area contributed by atoms with E-state index in [1.54, 1.807) is 10.9 Å². The molecule has 0 fully saturated rings. The first-order valence-corrected chi connectivity index (χ1v) is 11.1. The molecule has 0 aliphatic carbocycles. The Balaban J connectivity index is 1.80. The van der Waals surface area contributed by atoms with E-state index in [0.717, 1.165) is 41.7 Å². The maximum atomic E-state index is 13.5. The van der Waals surface area contributed by atoms with Gasteiger partial charge in [0.1, 0.15) is 16.7 Å². The number of benzene rings is 2. The van der Waals surface area contributed by atoms with Crippen molar-refractivity contribution in [1.29, 1.82) is 0 Å². The second-order valence-corrected chi connectivity index (χ2v) is 7.80. The van der Waals surface area contributed by atoms with Crippen molar-refractivity contribution in [2.45, 2.75) is 39.7 Å². The summed E-state index contributed by atoms with van der Waals surface area (Å²) in [6, 6.07) is 15.4. The molecule has 162 valence electrons. The van der Waals surface area contributed by atoms with E-state index in [1.165, 1.54) is 0 Å². The van der Waals surface area contributed by atoms with Crippen molar-refractivity contribution in [3.05, 3.63) is 65.2 Å². The van der Waals surface area contributed by atoms with Crippen LogP contribution in [0.5, 0.6) is 5.75 Å². The lowest BCUT2D eigenvalue weighted by Gasteiger charge is -2.09. The van der Waals surface area contributed by atoms with E-state index in [9.17, 15) is 4.79 Å². The first kappa shape index (κ1) is 20.2. The standard InChI is InChI=1S/C25H25N5O2/c1-3-5-8-15-29-16-26-23-21(25(29)31)22-24(28-20-10-7-6-9-19(20)27-22)30(23)17-11-13-18(14-12-17)32-4-2/h6-7,9-14,16H,3-5,8,15H2,1-2H3. The van der Waals surface area contributed by atoms with Gasteiger partial charge in [0.2, 0.25) is 0 Å². The van der Waals surface area contributed by atoms with Crippen LogP contribution < -0.4 is 10.3 Å². The van der Waals surface area contributed by atoms with Gasteiger partial charge >= 0.3 is 0 Å². The van der Waals surface area contributed by atoms with Gasteiger partial charge in [0, 0.05) is 12.2 Å². The van der Waals surface area contributed by atoms with Crippen LogP contribution in [-0.2, 0) is 6.54 Å². The van der Waals surface area contributed by atoms with Crippen LogP contribution in [0.3, 0.4) is 0 Å². The number of nitrogens with zero attached hydrogens (tertiary/aromatic N) is 5. The summed E-state index contributed by atoms with van der Waals surface area (Å²) < 4.78 is 9.19. The number of hydrogen-bond acceptors (Lipinski definition) is 5. The molecule has 3 aromatic heterocycles. The Labute approximate surface area is 185 Å². The predicted molar refractivity (Wildman–Crippen MR) is 127 cm³/mol. The average Bonchev–Trinajstić information content (AvgIpc) is 3.14. The van der Waals surface area contributed by atoms with E-state index in [-0.39, 0.29) is 5.56 Å². The second kappa shape index (κ2) is 8.42. The highest BCUT2D eigenvalue weighted by molar-refractivity contribution is 6.05. The fourth-order valence-electron chi connectivity index (χ4n) is 4.07. The molecular weight excluding hydrogens is 402 g/mol. The van der Waals surface area contributed by atoms with Gasteiger partial charge in [-0.05, 0) is 49.7 Å². The Bertz CT molecular complexity index is 1470. The van der Waals surface area contributed by atoms with Crippen LogP contribution in [-0.4, -0.2) is 30.7 Å². The van der Waals surface area contributed by atoms with E-state index < -0.39 is 0 Å². The third-order valence-electron chi connectivity index (χ3n) is 5.64. The van der Waals surface area contributed by atoms with Crippen LogP contribution in [0.15, 0.2) is 59.7 Å². The Morgan fingerprint density at radius 2 is 1.66 bits per heavy atom. The first-order chi connectivity index (χ1) is 15.7. The summed E-state index contributed by atoms with van der Waals surface area (Å²) in [6.07, 6.45) is 4.75. The smallest absolute Gasteiger partial charge is 0.265 e. The zero-order chi connectivity index (χ0) is 22.1. The summed E-state index contributed by atoms with van der Waals surface area (Å²) in [5.74, 6) is 0.791. The molecule has 0 amide bonds. The molecule has 2 aromatic carbocycles. The highest BCUT2D eigenvalue weighted by Gasteiger charge is 2.20. The Hall–Kier alpha value is -3.74. The highest BCUT2D eigenvalue weighted by atomic mass is 16.5.